The molecule has 0 atom stereocenters. The van der Waals surface area contributed by atoms with Crippen LogP contribution in [0.5, 0.6) is 0 Å². The molecule has 0 saturated carbocycles. The SMILES string of the molecule is Cc1nsc(NC(=O)COCCNC(=O)OCC2c3ccccc3-c3ccccc32)c1C(=O)O. The fourth-order valence-electron chi connectivity index (χ4n) is 3.91. The molecule has 1 aromatic heterocycles. The van der Waals surface area contributed by atoms with Crippen molar-refractivity contribution in [3.63, 3.8) is 0 Å². The lowest BCUT2D eigenvalue weighted by Gasteiger charge is -2.14. The van der Waals surface area contributed by atoms with E-state index in [0.717, 1.165) is 33.8 Å². The summed E-state index contributed by atoms with van der Waals surface area (Å²) in [6, 6.07) is 16.2. The largest absolute Gasteiger partial charge is 0.478 e. The molecule has 2 aromatic carbocycles. The minimum absolute atomic E-state index is 0.0239. The summed E-state index contributed by atoms with van der Waals surface area (Å²) in [5.74, 6) is -1.69. The van der Waals surface area contributed by atoms with Crippen molar-refractivity contribution in [2.45, 2.75) is 12.8 Å². The molecule has 0 saturated heterocycles. The van der Waals surface area contributed by atoms with Crippen molar-refractivity contribution >= 4 is 34.5 Å². The molecular weight excluding hydrogens is 458 g/mol. The number of rotatable bonds is 9. The van der Waals surface area contributed by atoms with Gasteiger partial charge in [0, 0.05) is 12.5 Å². The van der Waals surface area contributed by atoms with Gasteiger partial charge in [-0.25, -0.2) is 9.59 Å². The van der Waals surface area contributed by atoms with Crippen molar-refractivity contribution in [2.24, 2.45) is 0 Å². The number of carboxylic acids is 1. The Bertz CT molecular complexity index is 1180. The number of hydrogen-bond donors (Lipinski definition) is 3. The summed E-state index contributed by atoms with van der Waals surface area (Å²) in [5, 5.41) is 14.4. The first-order valence-corrected chi connectivity index (χ1v) is 11.4. The van der Waals surface area contributed by atoms with Crippen molar-refractivity contribution in [1.82, 2.24) is 9.69 Å². The number of aromatic carboxylic acids is 1. The van der Waals surface area contributed by atoms with Crippen LogP contribution < -0.4 is 10.6 Å². The van der Waals surface area contributed by atoms with Gasteiger partial charge in [0.05, 0.1) is 12.3 Å². The third-order valence-corrected chi connectivity index (χ3v) is 6.28. The van der Waals surface area contributed by atoms with E-state index in [4.69, 9.17) is 9.47 Å². The summed E-state index contributed by atoms with van der Waals surface area (Å²) in [4.78, 5) is 35.4. The Labute approximate surface area is 199 Å². The second-order valence-electron chi connectivity index (χ2n) is 7.63. The molecule has 0 fully saturated rings. The molecule has 4 rings (SSSR count). The number of amides is 2. The number of carboxylic acid groups (broad SMARTS) is 1. The zero-order valence-electron chi connectivity index (χ0n) is 18.4. The van der Waals surface area contributed by atoms with E-state index < -0.39 is 18.0 Å². The first-order chi connectivity index (χ1) is 16.5. The molecule has 0 unspecified atom stereocenters. The zero-order chi connectivity index (χ0) is 24.1. The standard InChI is InChI=1S/C24H23N3O6S/c1-14-21(23(29)30)22(34-27-14)26-20(28)13-32-11-10-25-24(31)33-12-19-17-8-4-2-6-15(17)16-7-3-5-9-18(16)19/h2-9,19H,10-13H2,1H3,(H,25,31)(H,26,28)(H,29,30). The maximum atomic E-state index is 12.1. The Hall–Kier alpha value is -3.76. The second kappa shape index (κ2) is 10.4. The van der Waals surface area contributed by atoms with Crippen molar-refractivity contribution < 1.29 is 29.0 Å². The van der Waals surface area contributed by atoms with Crippen molar-refractivity contribution in [3.05, 3.63) is 70.9 Å². The van der Waals surface area contributed by atoms with E-state index in [1.165, 1.54) is 0 Å². The average molecular weight is 482 g/mol. The number of aromatic nitrogens is 1. The van der Waals surface area contributed by atoms with Crippen molar-refractivity contribution in [1.29, 1.82) is 0 Å². The Morgan fingerprint density at radius 1 is 1.06 bits per heavy atom. The highest BCUT2D eigenvalue weighted by molar-refractivity contribution is 7.11. The minimum atomic E-state index is -1.16. The van der Waals surface area contributed by atoms with E-state index in [-0.39, 0.29) is 42.8 Å². The van der Waals surface area contributed by atoms with Gasteiger partial charge in [-0.05, 0) is 40.7 Å². The minimum Gasteiger partial charge on any atom is -0.478 e. The first-order valence-electron chi connectivity index (χ1n) is 10.6. The van der Waals surface area contributed by atoms with Crippen LogP contribution in [0.1, 0.15) is 33.1 Å². The fraction of sp³-hybridized carbons (Fsp3) is 0.250. The van der Waals surface area contributed by atoms with Crippen LogP contribution >= 0.6 is 11.5 Å². The molecule has 3 N–H and O–H groups in total. The number of alkyl carbamates (subject to hydrolysis) is 1. The molecule has 0 aliphatic heterocycles. The molecule has 9 nitrogen and oxygen atoms in total. The molecule has 1 heterocycles. The lowest BCUT2D eigenvalue weighted by Crippen LogP contribution is -2.30. The van der Waals surface area contributed by atoms with Crippen LogP contribution in [0.4, 0.5) is 9.80 Å². The van der Waals surface area contributed by atoms with Crippen LogP contribution in [-0.2, 0) is 14.3 Å². The monoisotopic (exact) mass is 481 g/mol. The molecule has 10 heteroatoms. The predicted molar refractivity (Wildman–Crippen MR) is 126 cm³/mol. The molecule has 34 heavy (non-hydrogen) atoms. The topological polar surface area (TPSA) is 127 Å². The lowest BCUT2D eigenvalue weighted by molar-refractivity contribution is -0.120. The Morgan fingerprint density at radius 3 is 2.35 bits per heavy atom. The number of ether oxygens (including phenoxy) is 2. The number of nitrogens with zero attached hydrogens (tertiary/aromatic N) is 1. The van der Waals surface area contributed by atoms with E-state index in [1.807, 2.05) is 36.4 Å². The van der Waals surface area contributed by atoms with Crippen LogP contribution in [0.2, 0.25) is 0 Å². The van der Waals surface area contributed by atoms with Gasteiger partial charge in [0.1, 0.15) is 23.8 Å². The molecule has 1 aliphatic rings. The van der Waals surface area contributed by atoms with Crippen molar-refractivity contribution in [3.8, 4) is 11.1 Å². The summed E-state index contributed by atoms with van der Waals surface area (Å²) in [6.07, 6.45) is -0.568. The smallest absolute Gasteiger partial charge is 0.407 e. The Morgan fingerprint density at radius 2 is 1.71 bits per heavy atom. The third-order valence-electron chi connectivity index (χ3n) is 5.42. The van der Waals surface area contributed by atoms with E-state index in [2.05, 4.69) is 27.1 Å². The van der Waals surface area contributed by atoms with Gasteiger partial charge in [-0.15, -0.1) is 0 Å². The second-order valence-corrected chi connectivity index (χ2v) is 8.40. The quantitative estimate of drug-likeness (QED) is 0.398. The normalized spacial score (nSPS) is 12.0. The van der Waals surface area contributed by atoms with Crippen LogP contribution in [0.25, 0.3) is 11.1 Å². The molecule has 1 aliphatic carbocycles. The summed E-state index contributed by atoms with van der Waals surface area (Å²) in [7, 11) is 0. The maximum Gasteiger partial charge on any atom is 0.407 e. The van der Waals surface area contributed by atoms with Gasteiger partial charge in [0.15, 0.2) is 0 Å². The fourth-order valence-corrected chi connectivity index (χ4v) is 4.71. The van der Waals surface area contributed by atoms with E-state index in [0.29, 0.717) is 5.69 Å². The highest BCUT2D eigenvalue weighted by atomic mass is 32.1. The van der Waals surface area contributed by atoms with Crippen molar-refractivity contribution in [2.75, 3.05) is 31.7 Å². The predicted octanol–water partition coefficient (Wildman–Crippen LogP) is 3.64. The van der Waals surface area contributed by atoms with E-state index in [9.17, 15) is 19.5 Å². The van der Waals surface area contributed by atoms with Crippen LogP contribution in [-0.4, -0.2) is 53.8 Å². The summed E-state index contributed by atoms with van der Waals surface area (Å²) in [6.45, 7) is 1.72. The Balaban J connectivity index is 1.18. The summed E-state index contributed by atoms with van der Waals surface area (Å²) < 4.78 is 14.6. The zero-order valence-corrected chi connectivity index (χ0v) is 19.2. The number of benzene rings is 2. The molecule has 0 spiro atoms. The first kappa shape index (κ1) is 23.4. The maximum absolute atomic E-state index is 12.1. The number of anilines is 1. The van der Waals surface area contributed by atoms with Crippen LogP contribution in [0, 0.1) is 6.92 Å². The number of aryl methyl sites for hydroxylation is 1. The number of carbonyl (C=O) groups excluding carboxylic acids is 2. The summed E-state index contributed by atoms with van der Waals surface area (Å²) in [5.41, 5.74) is 4.88. The number of nitrogens with one attached hydrogen (secondary N) is 2. The van der Waals surface area contributed by atoms with Gasteiger partial charge in [-0.3, -0.25) is 4.79 Å². The van der Waals surface area contributed by atoms with Crippen LogP contribution in [0.3, 0.4) is 0 Å². The van der Waals surface area contributed by atoms with Gasteiger partial charge in [-0.2, -0.15) is 4.37 Å². The molecule has 176 valence electrons. The number of carbonyl (C=O) groups is 3. The molecule has 0 bridgehead atoms. The highest BCUT2D eigenvalue weighted by Gasteiger charge is 2.29. The van der Waals surface area contributed by atoms with E-state index in [1.54, 1.807) is 6.92 Å². The van der Waals surface area contributed by atoms with Gasteiger partial charge in [-0.1, -0.05) is 48.5 Å². The third kappa shape index (κ3) is 5.08. The average Bonchev–Trinajstić information content (AvgIpc) is 3.35. The molecule has 0 radical (unpaired) electrons. The van der Waals surface area contributed by atoms with Gasteiger partial charge in [0.2, 0.25) is 0 Å². The molecule has 2 amide bonds. The molecule has 3 aromatic rings. The van der Waals surface area contributed by atoms with E-state index >= 15 is 0 Å². The molecular formula is C24H23N3O6S. The van der Waals surface area contributed by atoms with Crippen LogP contribution in [0.15, 0.2) is 48.5 Å². The number of hydrogen-bond acceptors (Lipinski definition) is 7. The Kier molecular flexibility index (Phi) is 7.19. The highest BCUT2D eigenvalue weighted by Crippen LogP contribution is 2.44. The lowest BCUT2D eigenvalue weighted by atomic mass is 9.98. The van der Waals surface area contributed by atoms with Gasteiger partial charge in [0.25, 0.3) is 5.91 Å². The number of fused-ring (bicyclic) bond motifs is 3. The van der Waals surface area contributed by atoms with Gasteiger partial charge < -0.3 is 25.2 Å². The summed E-state index contributed by atoms with van der Waals surface area (Å²) >= 11 is 0.896. The van der Waals surface area contributed by atoms with Gasteiger partial charge >= 0.3 is 12.1 Å².